The van der Waals surface area contributed by atoms with E-state index in [4.69, 9.17) is 18.9 Å². The summed E-state index contributed by atoms with van der Waals surface area (Å²) in [6, 6.07) is 12.8. The number of alkyl carbamates (subject to hydrolysis) is 1. The molecule has 4 atom stereocenters. The summed E-state index contributed by atoms with van der Waals surface area (Å²) in [5.74, 6) is -1.96. The number of non-ortho nitro benzene ring substituents is 2. The van der Waals surface area contributed by atoms with Gasteiger partial charge in [-0.25, -0.2) is 14.4 Å². The fraction of sp³-hybridized carbons (Fsp3) is 0.303. The summed E-state index contributed by atoms with van der Waals surface area (Å²) in [6.07, 6.45) is -1.98. The summed E-state index contributed by atoms with van der Waals surface area (Å²) >= 11 is 3.09. The molecule has 2 heterocycles. The van der Waals surface area contributed by atoms with E-state index < -0.39 is 68.1 Å². The molecular weight excluding hydrogens is 833 g/mol. The third kappa shape index (κ3) is 9.11. The first-order chi connectivity index (χ1) is 25.2. The molecule has 53 heavy (non-hydrogen) atoms. The zero-order valence-corrected chi connectivity index (χ0v) is 30.8. The number of β-lactam (4-membered cyclic amide) rings is 1. The van der Waals surface area contributed by atoms with Crippen molar-refractivity contribution in [1.82, 2.24) is 15.5 Å². The summed E-state index contributed by atoms with van der Waals surface area (Å²) in [7, 11) is 0. The van der Waals surface area contributed by atoms with Gasteiger partial charge in [-0.2, -0.15) is 0 Å². The summed E-state index contributed by atoms with van der Waals surface area (Å²) in [4.78, 5) is 87.3. The second kappa shape index (κ2) is 16.4. The van der Waals surface area contributed by atoms with Crippen LogP contribution in [0.3, 0.4) is 0 Å². The number of nitrogens with zero attached hydrogens (tertiary/aromatic N) is 3. The van der Waals surface area contributed by atoms with Crippen LogP contribution in [-0.4, -0.2) is 71.6 Å². The van der Waals surface area contributed by atoms with Gasteiger partial charge in [0.1, 0.15) is 47.1 Å². The molecule has 2 fully saturated rings. The Balaban J connectivity index is 1.26. The van der Waals surface area contributed by atoms with Gasteiger partial charge in [-0.3, -0.25) is 29.8 Å². The van der Waals surface area contributed by atoms with Gasteiger partial charge < -0.3 is 34.5 Å². The zero-order chi connectivity index (χ0) is 38.4. The van der Waals surface area contributed by atoms with E-state index in [1.807, 2.05) is 22.6 Å². The van der Waals surface area contributed by atoms with Crippen molar-refractivity contribution in [2.75, 3.05) is 4.61 Å². The van der Waals surface area contributed by atoms with Gasteiger partial charge in [0.2, 0.25) is 11.8 Å². The Morgan fingerprint density at radius 2 is 1.42 bits per heavy atom. The minimum atomic E-state index is -1.42. The third-order valence-corrected chi connectivity index (χ3v) is 10.0. The monoisotopic (exact) mass is 863 g/mol. The Morgan fingerprint density at radius 1 is 0.868 bits per heavy atom. The molecule has 18 nitrogen and oxygen atoms in total. The number of alkyl halides is 1. The Hall–Kier alpha value is -5.51. The van der Waals surface area contributed by atoms with Gasteiger partial charge in [0.25, 0.3) is 11.4 Å². The number of esters is 1. The van der Waals surface area contributed by atoms with E-state index in [1.54, 1.807) is 13.8 Å². The highest BCUT2D eigenvalue weighted by Gasteiger charge is 2.64. The normalized spacial score (nSPS) is 18.7. The topological polar surface area (TPSA) is 236 Å². The van der Waals surface area contributed by atoms with Crippen molar-refractivity contribution >= 4 is 75.8 Å². The highest BCUT2D eigenvalue weighted by Crippen LogP contribution is 2.51. The maximum Gasteiger partial charge on any atom is 0.514 e. The molecule has 3 aromatic rings. The molecule has 2 aliphatic rings. The van der Waals surface area contributed by atoms with Gasteiger partial charge in [-0.1, -0.05) is 12.1 Å². The number of nitro groups is 2. The number of carbonyl (C=O) groups excluding carboxylic acids is 5. The van der Waals surface area contributed by atoms with Crippen molar-refractivity contribution in [2.24, 2.45) is 0 Å². The lowest BCUT2D eigenvalue weighted by atomic mass is 9.95. The zero-order valence-electron chi connectivity index (χ0n) is 27.8. The quantitative estimate of drug-likeness (QED) is 0.0348. The number of thioether (sulfide) groups is 1. The van der Waals surface area contributed by atoms with E-state index in [2.05, 4.69) is 10.6 Å². The molecule has 5 rings (SSSR count). The SMILES string of the molecule is CC1(C)S[C@@H]2[C@H](NC(=O)C(NC(=O)OCc3ccc([N+](=O)[O-])cc3)c3ccc(OC(=O)OCI)cc3)C(=O)N2[C@H]1C(=O)OCc1ccc([N+](=O)[O-])cc1. The molecule has 20 heteroatoms. The van der Waals surface area contributed by atoms with Gasteiger partial charge in [0.15, 0.2) is 0 Å². The number of hydrogen-bond acceptors (Lipinski definition) is 14. The number of rotatable bonds is 13. The van der Waals surface area contributed by atoms with Crippen LogP contribution < -0.4 is 15.4 Å². The van der Waals surface area contributed by atoms with Crippen LogP contribution in [0.4, 0.5) is 21.0 Å². The second-order valence-electron chi connectivity index (χ2n) is 12.0. The number of amides is 3. The standard InChI is InChI=1S/C33H30IN5O13S/c1-33(2)26(30(42)49-15-18-3-9-21(10-4-18)38(45)46)37-28(41)25(29(37)53-33)35-27(40)24(20-7-13-23(14-8-20)52-32(44)51-17-34)36-31(43)50-16-19-5-11-22(12-6-19)39(47)48/h3-14,24-26,29H,15-17H2,1-2H3,(H,35,40)(H,36,43)/t24?,25-,26+,29-/m1/s1. The third-order valence-electron chi connectivity index (χ3n) is 8.12. The Labute approximate surface area is 318 Å². The molecule has 278 valence electrons. The van der Waals surface area contributed by atoms with Crippen molar-refractivity contribution in [3.05, 3.63) is 110 Å². The number of fused-ring (bicyclic) bond motifs is 1. The van der Waals surface area contributed by atoms with Crippen LogP contribution in [0.1, 0.15) is 36.6 Å². The lowest BCUT2D eigenvalue weighted by molar-refractivity contribution is -0.385. The Kier molecular flexibility index (Phi) is 12.0. The first-order valence-corrected chi connectivity index (χ1v) is 18.0. The van der Waals surface area contributed by atoms with Crippen LogP contribution in [0, 0.1) is 20.2 Å². The number of nitro benzene ring substituents is 2. The highest BCUT2D eigenvalue weighted by molar-refractivity contribution is 14.1. The Bertz CT molecular complexity index is 1910. The average molecular weight is 864 g/mol. The number of nitrogens with one attached hydrogen (secondary N) is 2. The molecule has 0 aromatic heterocycles. The van der Waals surface area contributed by atoms with Crippen molar-refractivity contribution < 1.29 is 52.8 Å². The van der Waals surface area contributed by atoms with Gasteiger partial charge in [0.05, 0.1) is 9.85 Å². The molecule has 0 spiro atoms. The van der Waals surface area contributed by atoms with Crippen molar-refractivity contribution in [2.45, 2.75) is 55.3 Å². The lowest BCUT2D eigenvalue weighted by Crippen LogP contribution is -2.71. The van der Waals surface area contributed by atoms with Crippen molar-refractivity contribution in [1.29, 1.82) is 0 Å². The number of halogens is 1. The largest absolute Gasteiger partial charge is 0.514 e. The highest BCUT2D eigenvalue weighted by atomic mass is 127. The van der Waals surface area contributed by atoms with Gasteiger partial charge in [-0.05, 0) is 89.5 Å². The minimum Gasteiger partial charge on any atom is -0.459 e. The Morgan fingerprint density at radius 3 is 1.94 bits per heavy atom. The van der Waals surface area contributed by atoms with Crippen LogP contribution in [0.2, 0.25) is 0 Å². The molecule has 0 radical (unpaired) electrons. The van der Waals surface area contributed by atoms with Crippen LogP contribution in [0.5, 0.6) is 5.75 Å². The van der Waals surface area contributed by atoms with Crippen LogP contribution >= 0.6 is 34.4 Å². The average Bonchev–Trinajstić information content (AvgIpc) is 3.39. The number of ether oxygens (including phenoxy) is 4. The second-order valence-corrected chi connectivity index (χ2v) is 14.4. The van der Waals surface area contributed by atoms with Crippen LogP contribution in [0.25, 0.3) is 0 Å². The predicted octanol–water partition coefficient (Wildman–Crippen LogP) is 4.67. The fourth-order valence-electron chi connectivity index (χ4n) is 5.53. The summed E-state index contributed by atoms with van der Waals surface area (Å²) in [6.45, 7) is 3.04. The fourth-order valence-corrected chi connectivity index (χ4v) is 7.41. The van der Waals surface area contributed by atoms with E-state index in [9.17, 15) is 44.2 Å². The number of hydrogen-bond donors (Lipinski definition) is 2. The maximum absolute atomic E-state index is 13.8. The first-order valence-electron chi connectivity index (χ1n) is 15.6. The number of benzene rings is 3. The number of carbonyl (C=O) groups is 5. The molecule has 0 saturated carbocycles. The van der Waals surface area contributed by atoms with Gasteiger partial charge in [0, 0.05) is 29.0 Å². The van der Waals surface area contributed by atoms with E-state index in [1.165, 1.54) is 89.5 Å². The maximum atomic E-state index is 13.8. The molecule has 2 saturated heterocycles. The molecule has 0 aliphatic carbocycles. The molecule has 3 aromatic carbocycles. The summed E-state index contributed by atoms with van der Waals surface area (Å²) < 4.78 is 19.8. The van der Waals surface area contributed by atoms with Crippen molar-refractivity contribution in [3.63, 3.8) is 0 Å². The summed E-state index contributed by atoms with van der Waals surface area (Å²) in [5.41, 5.74) is 0.901. The van der Waals surface area contributed by atoms with E-state index in [0.29, 0.717) is 11.1 Å². The minimum absolute atomic E-state index is 0.0563. The smallest absolute Gasteiger partial charge is 0.459 e. The molecule has 3 amide bonds. The van der Waals surface area contributed by atoms with Crippen LogP contribution in [0.15, 0.2) is 72.8 Å². The van der Waals surface area contributed by atoms with E-state index >= 15 is 0 Å². The lowest BCUT2D eigenvalue weighted by Gasteiger charge is -2.44. The molecule has 0 bridgehead atoms. The van der Waals surface area contributed by atoms with Gasteiger partial charge in [-0.15, -0.1) is 11.8 Å². The van der Waals surface area contributed by atoms with Crippen molar-refractivity contribution in [3.8, 4) is 5.75 Å². The van der Waals surface area contributed by atoms with Crippen LogP contribution in [-0.2, 0) is 41.8 Å². The molecule has 1 unspecified atom stereocenters. The van der Waals surface area contributed by atoms with E-state index in [-0.39, 0.29) is 40.5 Å². The molecular formula is C33H30IN5O13S. The summed E-state index contributed by atoms with van der Waals surface area (Å²) in [5, 5.41) is 26.4. The van der Waals surface area contributed by atoms with Gasteiger partial charge >= 0.3 is 18.2 Å². The first kappa shape index (κ1) is 38.7. The molecule has 2 aliphatic heterocycles. The predicted molar refractivity (Wildman–Crippen MR) is 193 cm³/mol. The molecule has 2 N–H and O–H groups in total. The van der Waals surface area contributed by atoms with E-state index in [0.717, 1.165) is 0 Å².